The summed E-state index contributed by atoms with van der Waals surface area (Å²) in [6.07, 6.45) is -2.89. The van der Waals surface area contributed by atoms with Crippen molar-refractivity contribution in [2.45, 2.75) is 38.4 Å². The molecule has 22 heavy (non-hydrogen) atoms. The van der Waals surface area contributed by atoms with Gasteiger partial charge in [-0.25, -0.2) is 0 Å². The van der Waals surface area contributed by atoms with E-state index in [4.69, 9.17) is 4.52 Å². The molecule has 0 radical (unpaired) electrons. The van der Waals surface area contributed by atoms with Gasteiger partial charge in [-0.2, -0.15) is 18.3 Å². The number of nitrogens with zero attached hydrogens (tertiary/aromatic N) is 3. The Morgan fingerprint density at radius 3 is 2.73 bits per heavy atom. The minimum atomic E-state index is -4.52. The minimum absolute atomic E-state index is 0.0469. The molecular formula is C13H13F3N4O2. The Bertz CT molecular complexity index is 700. The van der Waals surface area contributed by atoms with Crippen molar-refractivity contribution < 1.29 is 22.5 Å². The van der Waals surface area contributed by atoms with Gasteiger partial charge >= 0.3 is 6.18 Å². The maximum absolute atomic E-state index is 12.8. The van der Waals surface area contributed by atoms with Crippen LogP contribution in [-0.4, -0.2) is 20.8 Å². The highest BCUT2D eigenvalue weighted by atomic mass is 19.4. The van der Waals surface area contributed by atoms with Crippen LogP contribution in [0.3, 0.4) is 0 Å². The van der Waals surface area contributed by atoms with Crippen LogP contribution in [0, 0.1) is 6.92 Å². The fourth-order valence-electron chi connectivity index (χ4n) is 2.15. The monoisotopic (exact) mass is 314 g/mol. The third kappa shape index (κ3) is 3.12. The number of aromatic nitrogens is 3. The zero-order valence-corrected chi connectivity index (χ0v) is 11.6. The molecule has 1 aliphatic carbocycles. The summed E-state index contributed by atoms with van der Waals surface area (Å²) in [4.78, 5) is 11.9. The number of aryl methyl sites for hydroxylation is 1. The molecule has 0 spiro atoms. The molecule has 0 aliphatic heterocycles. The molecule has 2 aromatic rings. The molecule has 1 amide bonds. The molecule has 118 valence electrons. The number of hydrogen-bond donors (Lipinski definition) is 1. The Balaban J connectivity index is 1.76. The molecule has 0 unspecified atom stereocenters. The first-order chi connectivity index (χ1) is 10.3. The number of anilines is 1. The second-order valence-electron chi connectivity index (χ2n) is 5.26. The lowest BCUT2D eigenvalue weighted by Gasteiger charge is -2.06. The number of halogens is 3. The van der Waals surface area contributed by atoms with Gasteiger partial charge in [0.05, 0.1) is 0 Å². The predicted octanol–water partition coefficient (Wildman–Crippen LogP) is 2.71. The van der Waals surface area contributed by atoms with Gasteiger partial charge in [0.25, 0.3) is 0 Å². The maximum atomic E-state index is 12.8. The number of carbonyl (C=O) groups excluding carboxylic acids is 1. The van der Waals surface area contributed by atoms with E-state index >= 15 is 0 Å². The van der Waals surface area contributed by atoms with Gasteiger partial charge in [-0.05, 0) is 25.8 Å². The fraction of sp³-hybridized carbons (Fsp3) is 0.462. The van der Waals surface area contributed by atoms with Crippen LogP contribution in [0.25, 0.3) is 0 Å². The number of alkyl halides is 3. The molecule has 0 aromatic carbocycles. The lowest BCUT2D eigenvalue weighted by Crippen LogP contribution is -2.21. The molecule has 2 aromatic heterocycles. The van der Waals surface area contributed by atoms with E-state index in [-0.39, 0.29) is 18.3 Å². The summed E-state index contributed by atoms with van der Waals surface area (Å²) in [6, 6.07) is 2.54. The molecule has 0 bridgehead atoms. The fourth-order valence-corrected chi connectivity index (χ4v) is 2.15. The third-order valence-corrected chi connectivity index (χ3v) is 3.29. The predicted molar refractivity (Wildman–Crippen MR) is 69.1 cm³/mol. The average molecular weight is 314 g/mol. The van der Waals surface area contributed by atoms with E-state index in [1.165, 1.54) is 6.07 Å². The number of rotatable bonds is 4. The maximum Gasteiger partial charge on any atom is 0.435 e. The first-order valence-corrected chi connectivity index (χ1v) is 6.71. The molecule has 6 nitrogen and oxygen atoms in total. The van der Waals surface area contributed by atoms with Crippen LogP contribution in [0.1, 0.15) is 35.9 Å². The Labute approximate surface area is 123 Å². The lowest BCUT2D eigenvalue weighted by atomic mass is 10.2. The van der Waals surface area contributed by atoms with Gasteiger partial charge in [0.15, 0.2) is 11.5 Å². The number of amides is 1. The van der Waals surface area contributed by atoms with Crippen molar-refractivity contribution >= 4 is 11.7 Å². The van der Waals surface area contributed by atoms with Crippen molar-refractivity contribution in [2.24, 2.45) is 0 Å². The van der Waals surface area contributed by atoms with Crippen LogP contribution in [0.15, 0.2) is 16.7 Å². The highest BCUT2D eigenvalue weighted by Gasteiger charge is 2.38. The summed E-state index contributed by atoms with van der Waals surface area (Å²) in [5.74, 6) is 0.281. The Morgan fingerprint density at radius 2 is 2.18 bits per heavy atom. The summed E-state index contributed by atoms with van der Waals surface area (Å²) >= 11 is 0. The summed E-state index contributed by atoms with van der Waals surface area (Å²) in [5.41, 5.74) is -0.529. The molecule has 1 saturated carbocycles. The van der Waals surface area contributed by atoms with E-state index in [1.54, 1.807) is 6.92 Å². The Morgan fingerprint density at radius 1 is 1.45 bits per heavy atom. The van der Waals surface area contributed by atoms with Gasteiger partial charge in [0.2, 0.25) is 5.91 Å². The molecular weight excluding hydrogens is 301 g/mol. The number of nitrogens with one attached hydrogen (secondary N) is 1. The van der Waals surface area contributed by atoms with E-state index in [1.807, 2.05) is 0 Å². The summed E-state index contributed by atoms with van der Waals surface area (Å²) in [6.45, 7) is 1.37. The largest absolute Gasteiger partial charge is 0.435 e. The molecule has 1 aliphatic rings. The van der Waals surface area contributed by atoms with E-state index in [0.29, 0.717) is 11.5 Å². The molecule has 1 fully saturated rings. The van der Waals surface area contributed by atoms with E-state index < -0.39 is 17.8 Å². The van der Waals surface area contributed by atoms with Crippen molar-refractivity contribution in [1.29, 1.82) is 0 Å². The summed E-state index contributed by atoms with van der Waals surface area (Å²) in [5, 5.41) is 9.57. The van der Waals surface area contributed by atoms with Crippen molar-refractivity contribution in [3.8, 4) is 0 Å². The van der Waals surface area contributed by atoms with Crippen LogP contribution < -0.4 is 5.32 Å². The second-order valence-corrected chi connectivity index (χ2v) is 5.26. The molecule has 1 N–H and O–H groups in total. The number of carbonyl (C=O) groups is 1. The van der Waals surface area contributed by atoms with Crippen LogP contribution in [-0.2, 0) is 17.5 Å². The first-order valence-electron chi connectivity index (χ1n) is 6.71. The second kappa shape index (κ2) is 5.15. The third-order valence-electron chi connectivity index (χ3n) is 3.29. The van der Waals surface area contributed by atoms with Crippen molar-refractivity contribution in [1.82, 2.24) is 14.9 Å². The van der Waals surface area contributed by atoms with Crippen molar-refractivity contribution in [2.75, 3.05) is 5.32 Å². The van der Waals surface area contributed by atoms with Crippen LogP contribution >= 0.6 is 0 Å². The zero-order chi connectivity index (χ0) is 15.9. The van der Waals surface area contributed by atoms with Crippen LogP contribution in [0.2, 0.25) is 0 Å². The van der Waals surface area contributed by atoms with Gasteiger partial charge in [0.1, 0.15) is 12.3 Å². The summed E-state index contributed by atoms with van der Waals surface area (Å²) in [7, 11) is 0. The quantitative estimate of drug-likeness (QED) is 0.941. The normalized spacial score (nSPS) is 15.1. The molecule has 0 saturated heterocycles. The van der Waals surface area contributed by atoms with Gasteiger partial charge in [-0.3, -0.25) is 9.48 Å². The minimum Gasteiger partial charge on any atom is -0.360 e. The Hall–Kier alpha value is -2.32. The van der Waals surface area contributed by atoms with Gasteiger partial charge in [-0.1, -0.05) is 5.16 Å². The highest BCUT2D eigenvalue weighted by molar-refractivity contribution is 5.89. The topological polar surface area (TPSA) is 73.0 Å². The lowest BCUT2D eigenvalue weighted by molar-refractivity contribution is -0.141. The SMILES string of the molecule is Cc1cc(NC(=O)Cn2nc(C(F)(F)F)cc2C2CC2)no1. The van der Waals surface area contributed by atoms with E-state index in [9.17, 15) is 18.0 Å². The molecule has 0 atom stereocenters. The van der Waals surface area contributed by atoms with Crippen molar-refractivity contribution in [3.05, 3.63) is 29.3 Å². The van der Waals surface area contributed by atoms with Crippen LogP contribution in [0.5, 0.6) is 0 Å². The zero-order valence-electron chi connectivity index (χ0n) is 11.6. The Kier molecular flexibility index (Phi) is 3.42. The van der Waals surface area contributed by atoms with Gasteiger partial charge in [0, 0.05) is 17.7 Å². The summed E-state index contributed by atoms with van der Waals surface area (Å²) < 4.78 is 44.2. The highest BCUT2D eigenvalue weighted by Crippen LogP contribution is 2.42. The molecule has 2 heterocycles. The average Bonchev–Trinajstić information content (AvgIpc) is 3.03. The first kappa shape index (κ1) is 14.6. The van der Waals surface area contributed by atoms with E-state index in [2.05, 4.69) is 15.6 Å². The number of hydrogen-bond acceptors (Lipinski definition) is 4. The molecule has 9 heteroatoms. The molecule has 3 rings (SSSR count). The van der Waals surface area contributed by atoms with Gasteiger partial charge in [-0.15, -0.1) is 0 Å². The van der Waals surface area contributed by atoms with Crippen LogP contribution in [0.4, 0.5) is 19.0 Å². The standard InChI is InChI=1S/C13H13F3N4O2/c1-7-4-11(19-22-7)17-12(21)6-20-9(8-2-3-8)5-10(18-20)13(14,15)16/h4-5,8H,2-3,6H2,1H3,(H,17,19,21). The van der Waals surface area contributed by atoms with E-state index in [0.717, 1.165) is 23.6 Å². The van der Waals surface area contributed by atoms with Crippen molar-refractivity contribution in [3.63, 3.8) is 0 Å². The smallest absolute Gasteiger partial charge is 0.360 e. The van der Waals surface area contributed by atoms with Gasteiger partial charge < -0.3 is 9.84 Å².